The summed E-state index contributed by atoms with van der Waals surface area (Å²) in [4.78, 5) is 50.0. The van der Waals surface area contributed by atoms with Crippen LogP contribution in [0.15, 0.2) is 30.5 Å². The van der Waals surface area contributed by atoms with E-state index in [2.05, 4.69) is 20.9 Å². The lowest BCUT2D eigenvalue weighted by atomic mass is 10.0. The first kappa shape index (κ1) is 22.8. The van der Waals surface area contributed by atoms with Crippen LogP contribution >= 0.6 is 0 Å². The van der Waals surface area contributed by atoms with Crippen LogP contribution < -0.4 is 21.7 Å². The Labute approximate surface area is 172 Å². The summed E-state index contributed by atoms with van der Waals surface area (Å²) in [5.41, 5.74) is 7.70. The number of fused-ring (bicyclic) bond motifs is 1. The molecule has 30 heavy (non-hydrogen) atoms. The molecule has 11 nitrogen and oxygen atoms in total. The molecular formula is C19H25N5O6. The molecule has 1 heterocycles. The van der Waals surface area contributed by atoms with E-state index >= 15 is 0 Å². The average molecular weight is 419 g/mol. The van der Waals surface area contributed by atoms with E-state index < -0.39 is 55.0 Å². The molecule has 11 heteroatoms. The van der Waals surface area contributed by atoms with Crippen LogP contribution in [0.2, 0.25) is 0 Å². The van der Waals surface area contributed by atoms with Crippen LogP contribution in [-0.4, -0.2) is 70.2 Å². The summed E-state index contributed by atoms with van der Waals surface area (Å²) in [6.45, 7) is 0.0385. The SMILES string of the molecule is CC(NC(=O)C(CO)NC(=O)C(N)Cc1c[nH]c2ccccc12)C(=O)NCC(=O)O. The van der Waals surface area contributed by atoms with Gasteiger partial charge in [0.2, 0.25) is 17.7 Å². The van der Waals surface area contributed by atoms with E-state index in [0.29, 0.717) is 0 Å². The van der Waals surface area contributed by atoms with Gasteiger partial charge in [0.25, 0.3) is 0 Å². The third-order valence-electron chi connectivity index (χ3n) is 4.43. The van der Waals surface area contributed by atoms with Gasteiger partial charge in [0.15, 0.2) is 0 Å². The number of aromatic nitrogens is 1. The van der Waals surface area contributed by atoms with E-state index in [-0.39, 0.29) is 6.42 Å². The van der Waals surface area contributed by atoms with E-state index in [1.165, 1.54) is 6.92 Å². The number of amides is 3. The molecule has 0 fully saturated rings. The number of hydrogen-bond acceptors (Lipinski definition) is 6. The number of aromatic amines is 1. The fourth-order valence-corrected chi connectivity index (χ4v) is 2.80. The standard InChI is InChI=1S/C19H25N5O6/c1-10(17(28)22-8-16(26)27)23-19(30)15(9-25)24-18(29)13(20)6-11-7-21-14-5-3-2-4-12(11)14/h2-5,7,10,13,15,21,25H,6,8-9,20H2,1H3,(H,22,28)(H,23,30)(H,24,29)(H,26,27). The molecule has 2 rings (SSSR count). The molecule has 0 saturated heterocycles. The molecule has 3 unspecified atom stereocenters. The molecule has 3 atom stereocenters. The molecule has 0 aliphatic carbocycles. The minimum absolute atomic E-state index is 0.212. The van der Waals surface area contributed by atoms with Crippen LogP contribution in [0.4, 0.5) is 0 Å². The highest BCUT2D eigenvalue weighted by Crippen LogP contribution is 2.18. The largest absolute Gasteiger partial charge is 0.480 e. The molecule has 0 saturated carbocycles. The minimum Gasteiger partial charge on any atom is -0.480 e. The summed E-state index contributed by atoms with van der Waals surface area (Å²) in [7, 11) is 0. The van der Waals surface area contributed by atoms with Gasteiger partial charge in [0.1, 0.15) is 18.6 Å². The van der Waals surface area contributed by atoms with Gasteiger partial charge in [0.05, 0.1) is 12.6 Å². The zero-order valence-electron chi connectivity index (χ0n) is 16.3. The highest BCUT2D eigenvalue weighted by molar-refractivity contribution is 5.94. The van der Waals surface area contributed by atoms with Crippen LogP contribution in [0.5, 0.6) is 0 Å². The molecule has 2 aromatic rings. The van der Waals surface area contributed by atoms with Crippen molar-refractivity contribution in [3.63, 3.8) is 0 Å². The van der Waals surface area contributed by atoms with Crippen molar-refractivity contribution in [3.05, 3.63) is 36.0 Å². The summed E-state index contributed by atoms with van der Waals surface area (Å²) in [5, 5.41) is 25.7. The summed E-state index contributed by atoms with van der Waals surface area (Å²) in [6, 6.07) is 4.18. The molecule has 0 bridgehead atoms. The minimum atomic E-state index is -1.32. The van der Waals surface area contributed by atoms with Crippen molar-refractivity contribution in [2.45, 2.75) is 31.5 Å². The number of carbonyl (C=O) groups excluding carboxylic acids is 3. The van der Waals surface area contributed by atoms with E-state index in [4.69, 9.17) is 10.8 Å². The Morgan fingerprint density at radius 2 is 1.80 bits per heavy atom. The van der Waals surface area contributed by atoms with Crippen molar-refractivity contribution < 1.29 is 29.4 Å². The lowest BCUT2D eigenvalue weighted by molar-refractivity contribution is -0.138. The molecule has 1 aromatic carbocycles. The second-order valence-electron chi connectivity index (χ2n) is 6.76. The van der Waals surface area contributed by atoms with Gasteiger partial charge < -0.3 is 36.9 Å². The van der Waals surface area contributed by atoms with E-state index in [0.717, 1.165) is 16.5 Å². The van der Waals surface area contributed by atoms with Crippen molar-refractivity contribution in [2.75, 3.05) is 13.2 Å². The number of H-pyrrole nitrogens is 1. The fourth-order valence-electron chi connectivity index (χ4n) is 2.80. The van der Waals surface area contributed by atoms with Crippen LogP contribution in [0, 0.1) is 0 Å². The van der Waals surface area contributed by atoms with Crippen LogP contribution in [0.25, 0.3) is 10.9 Å². The van der Waals surface area contributed by atoms with Crippen LogP contribution in [-0.2, 0) is 25.6 Å². The van der Waals surface area contributed by atoms with Crippen LogP contribution in [0.1, 0.15) is 12.5 Å². The Bertz CT molecular complexity index is 927. The Morgan fingerprint density at radius 1 is 1.10 bits per heavy atom. The quantitative estimate of drug-likeness (QED) is 0.237. The average Bonchev–Trinajstić information content (AvgIpc) is 3.12. The van der Waals surface area contributed by atoms with E-state index in [1.54, 1.807) is 6.20 Å². The van der Waals surface area contributed by atoms with Gasteiger partial charge in [-0.3, -0.25) is 19.2 Å². The van der Waals surface area contributed by atoms with Gasteiger partial charge >= 0.3 is 5.97 Å². The van der Waals surface area contributed by atoms with Gasteiger partial charge in [-0.05, 0) is 25.0 Å². The molecule has 3 amide bonds. The van der Waals surface area contributed by atoms with Gasteiger partial charge in [-0.25, -0.2) is 0 Å². The first-order valence-electron chi connectivity index (χ1n) is 9.24. The molecule has 0 aliphatic rings. The molecular weight excluding hydrogens is 394 g/mol. The first-order valence-corrected chi connectivity index (χ1v) is 9.24. The fraction of sp³-hybridized carbons (Fsp3) is 0.368. The summed E-state index contributed by atoms with van der Waals surface area (Å²) in [6.07, 6.45) is 1.97. The smallest absolute Gasteiger partial charge is 0.322 e. The number of nitrogens with two attached hydrogens (primary N) is 1. The summed E-state index contributed by atoms with van der Waals surface area (Å²) < 4.78 is 0. The van der Waals surface area contributed by atoms with E-state index in [1.807, 2.05) is 24.3 Å². The zero-order chi connectivity index (χ0) is 22.3. The van der Waals surface area contributed by atoms with Crippen molar-refractivity contribution >= 4 is 34.6 Å². The van der Waals surface area contributed by atoms with Crippen LogP contribution in [0.3, 0.4) is 0 Å². The molecule has 0 radical (unpaired) electrons. The Balaban J connectivity index is 1.91. The number of hydrogen-bond donors (Lipinski definition) is 7. The number of benzene rings is 1. The van der Waals surface area contributed by atoms with Crippen molar-refractivity contribution in [1.29, 1.82) is 0 Å². The first-order chi connectivity index (χ1) is 14.2. The third-order valence-corrected chi connectivity index (χ3v) is 4.43. The number of aliphatic carboxylic acids is 1. The normalized spacial score (nSPS) is 13.8. The predicted octanol–water partition coefficient (Wildman–Crippen LogP) is -1.78. The number of aliphatic hydroxyl groups is 1. The lowest BCUT2D eigenvalue weighted by Gasteiger charge is -2.21. The van der Waals surface area contributed by atoms with Gasteiger partial charge in [0, 0.05) is 17.1 Å². The van der Waals surface area contributed by atoms with Gasteiger partial charge in [-0.15, -0.1) is 0 Å². The third kappa shape index (κ3) is 6.03. The second kappa shape index (κ2) is 10.4. The maximum absolute atomic E-state index is 12.4. The number of rotatable bonds is 10. The molecule has 0 aliphatic heterocycles. The summed E-state index contributed by atoms with van der Waals surface area (Å²) in [5.74, 6) is -3.39. The number of carboxylic acids is 1. The maximum atomic E-state index is 12.4. The van der Waals surface area contributed by atoms with Gasteiger partial charge in [-0.2, -0.15) is 0 Å². The Kier molecular flexibility index (Phi) is 7.90. The predicted molar refractivity (Wildman–Crippen MR) is 107 cm³/mol. The van der Waals surface area contributed by atoms with Gasteiger partial charge in [-0.1, -0.05) is 18.2 Å². The number of nitrogens with one attached hydrogen (secondary N) is 4. The summed E-state index contributed by atoms with van der Waals surface area (Å²) >= 11 is 0. The highest BCUT2D eigenvalue weighted by atomic mass is 16.4. The van der Waals surface area contributed by atoms with E-state index in [9.17, 15) is 24.3 Å². The second-order valence-corrected chi connectivity index (χ2v) is 6.76. The molecule has 1 aromatic heterocycles. The number of carboxylic acid groups (broad SMARTS) is 1. The number of aliphatic hydroxyl groups excluding tert-OH is 1. The molecule has 162 valence electrons. The molecule has 8 N–H and O–H groups in total. The number of para-hydroxylation sites is 1. The topological polar surface area (TPSA) is 187 Å². The molecule has 0 spiro atoms. The lowest BCUT2D eigenvalue weighted by Crippen LogP contribution is -2.56. The van der Waals surface area contributed by atoms with Crippen molar-refractivity contribution in [2.24, 2.45) is 5.73 Å². The van der Waals surface area contributed by atoms with Crippen molar-refractivity contribution in [3.8, 4) is 0 Å². The maximum Gasteiger partial charge on any atom is 0.322 e. The number of carbonyl (C=O) groups is 4. The highest BCUT2D eigenvalue weighted by Gasteiger charge is 2.26. The van der Waals surface area contributed by atoms with Crippen molar-refractivity contribution in [1.82, 2.24) is 20.9 Å². The Hall–Kier alpha value is -3.44. The Morgan fingerprint density at radius 3 is 2.47 bits per heavy atom. The monoisotopic (exact) mass is 419 g/mol. The zero-order valence-corrected chi connectivity index (χ0v) is 16.3.